The molecule has 1 aromatic heterocycles. The van der Waals surface area contributed by atoms with Crippen LogP contribution in [-0.4, -0.2) is 51.0 Å². The third-order valence-electron chi connectivity index (χ3n) is 6.40. The van der Waals surface area contributed by atoms with Gasteiger partial charge in [-0.2, -0.15) is 0 Å². The lowest BCUT2D eigenvalue weighted by atomic mass is 9.95. The van der Waals surface area contributed by atoms with Crippen molar-refractivity contribution >= 4 is 17.7 Å². The highest BCUT2D eigenvalue weighted by Gasteiger charge is 2.27. The molecule has 0 radical (unpaired) electrons. The Balaban J connectivity index is 1.55. The molecule has 4 rings (SSSR count). The van der Waals surface area contributed by atoms with Crippen LogP contribution in [0.1, 0.15) is 64.3 Å². The fraction of sp³-hybridized carbons (Fsp3) is 0.609. The Hall–Kier alpha value is -2.02. The first-order valence-electron chi connectivity index (χ1n) is 11.2. The molecule has 1 atom stereocenters. The van der Waals surface area contributed by atoms with E-state index in [1.807, 2.05) is 29.2 Å². The first-order chi connectivity index (χ1) is 14.7. The highest BCUT2D eigenvalue weighted by atomic mass is 32.2. The molecule has 0 N–H and O–H groups in total. The quantitative estimate of drug-likeness (QED) is 0.609. The lowest BCUT2D eigenvalue weighted by molar-refractivity contribution is -0.131. The van der Waals surface area contributed by atoms with Gasteiger partial charge in [-0.15, -0.1) is 10.2 Å². The summed E-state index contributed by atoms with van der Waals surface area (Å²) in [6.07, 6.45) is 9.50. The van der Waals surface area contributed by atoms with Gasteiger partial charge in [0, 0.05) is 24.2 Å². The predicted octanol–water partition coefficient (Wildman–Crippen LogP) is 4.95. The van der Waals surface area contributed by atoms with E-state index in [0.717, 1.165) is 54.5 Å². The van der Waals surface area contributed by atoms with E-state index in [-0.39, 0.29) is 5.91 Å². The number of hydrogen-bond acceptors (Lipinski definition) is 5. The number of thioether (sulfide) groups is 1. The van der Waals surface area contributed by atoms with Crippen LogP contribution in [0.2, 0.25) is 0 Å². The summed E-state index contributed by atoms with van der Waals surface area (Å²) in [6, 6.07) is 8.75. The van der Waals surface area contributed by atoms with E-state index in [4.69, 9.17) is 4.74 Å². The third kappa shape index (κ3) is 4.66. The van der Waals surface area contributed by atoms with Crippen molar-refractivity contribution in [3.05, 3.63) is 24.3 Å². The molecular formula is C23H32N4O2S. The average Bonchev–Trinajstić information content (AvgIpc) is 3.22. The van der Waals surface area contributed by atoms with Gasteiger partial charge in [-0.05, 0) is 63.3 Å². The molecule has 2 fully saturated rings. The fourth-order valence-corrected chi connectivity index (χ4v) is 5.55. The van der Waals surface area contributed by atoms with Crippen LogP contribution in [0.3, 0.4) is 0 Å². The van der Waals surface area contributed by atoms with E-state index in [1.54, 1.807) is 18.9 Å². The second kappa shape index (κ2) is 9.86. The summed E-state index contributed by atoms with van der Waals surface area (Å²) in [5, 5.41) is 9.94. The van der Waals surface area contributed by atoms with Crippen LogP contribution in [0.25, 0.3) is 11.4 Å². The van der Waals surface area contributed by atoms with Crippen molar-refractivity contribution in [2.24, 2.45) is 0 Å². The zero-order valence-electron chi connectivity index (χ0n) is 18.0. The lowest BCUT2D eigenvalue weighted by Gasteiger charge is -2.33. The molecule has 2 aliphatic rings. The Bertz CT molecular complexity index is 845. The number of nitrogens with zero attached hydrogens (tertiary/aromatic N) is 4. The van der Waals surface area contributed by atoms with Gasteiger partial charge >= 0.3 is 0 Å². The van der Waals surface area contributed by atoms with Crippen LogP contribution in [0.5, 0.6) is 5.75 Å². The Morgan fingerprint density at radius 2 is 1.80 bits per heavy atom. The molecule has 2 aromatic rings. The molecule has 0 spiro atoms. The van der Waals surface area contributed by atoms with Gasteiger partial charge in [0.05, 0.1) is 12.9 Å². The van der Waals surface area contributed by atoms with E-state index in [1.165, 1.54) is 25.7 Å². The SMILES string of the molecule is COc1ccc(-c2nnc(SCC(=O)N3CCCC[C@@H]3C)n2C2CCCCC2)cc1. The fourth-order valence-electron chi connectivity index (χ4n) is 4.66. The van der Waals surface area contributed by atoms with Gasteiger partial charge in [-0.1, -0.05) is 31.0 Å². The van der Waals surface area contributed by atoms with Gasteiger partial charge in [-0.3, -0.25) is 9.36 Å². The minimum absolute atomic E-state index is 0.219. The number of rotatable bonds is 6. The topological polar surface area (TPSA) is 60.3 Å². The van der Waals surface area contributed by atoms with Crippen molar-refractivity contribution < 1.29 is 9.53 Å². The smallest absolute Gasteiger partial charge is 0.233 e. The van der Waals surface area contributed by atoms with Gasteiger partial charge in [0.2, 0.25) is 5.91 Å². The number of carbonyl (C=O) groups is 1. The largest absolute Gasteiger partial charge is 0.497 e. The number of likely N-dealkylation sites (tertiary alicyclic amines) is 1. The van der Waals surface area contributed by atoms with Gasteiger partial charge in [0.25, 0.3) is 0 Å². The van der Waals surface area contributed by atoms with Crippen LogP contribution in [-0.2, 0) is 4.79 Å². The van der Waals surface area contributed by atoms with Gasteiger partial charge in [0.1, 0.15) is 5.75 Å². The summed E-state index contributed by atoms with van der Waals surface area (Å²) in [4.78, 5) is 14.9. The summed E-state index contributed by atoms with van der Waals surface area (Å²) in [5.74, 6) is 2.37. The molecule has 7 heteroatoms. The van der Waals surface area contributed by atoms with Gasteiger partial charge < -0.3 is 9.64 Å². The third-order valence-corrected chi connectivity index (χ3v) is 7.33. The molecule has 6 nitrogen and oxygen atoms in total. The van der Waals surface area contributed by atoms with Crippen LogP contribution < -0.4 is 4.74 Å². The number of benzene rings is 1. The summed E-state index contributed by atoms with van der Waals surface area (Å²) in [6.45, 7) is 3.04. The van der Waals surface area contributed by atoms with Crippen LogP contribution in [0.15, 0.2) is 29.4 Å². The normalized spacial score (nSPS) is 20.3. The average molecular weight is 429 g/mol. The second-order valence-corrected chi connectivity index (χ2v) is 9.36. The lowest BCUT2D eigenvalue weighted by Crippen LogP contribution is -2.43. The number of amides is 1. The van der Waals surface area contributed by atoms with Crippen molar-refractivity contribution in [3.63, 3.8) is 0 Å². The van der Waals surface area contributed by atoms with Crippen LogP contribution >= 0.6 is 11.8 Å². The van der Waals surface area contributed by atoms with E-state index in [9.17, 15) is 4.79 Å². The summed E-state index contributed by atoms with van der Waals surface area (Å²) >= 11 is 1.54. The molecule has 1 aromatic carbocycles. The number of hydrogen-bond donors (Lipinski definition) is 0. The van der Waals surface area contributed by atoms with Crippen LogP contribution in [0.4, 0.5) is 0 Å². The maximum Gasteiger partial charge on any atom is 0.233 e. The van der Waals surface area contributed by atoms with Crippen LogP contribution in [0, 0.1) is 0 Å². The molecule has 1 saturated carbocycles. The number of carbonyl (C=O) groups excluding carboxylic acids is 1. The zero-order valence-corrected chi connectivity index (χ0v) is 18.9. The molecular weight excluding hydrogens is 396 g/mol. The molecule has 0 unspecified atom stereocenters. The van der Waals surface area contributed by atoms with E-state index in [0.29, 0.717) is 17.8 Å². The Morgan fingerprint density at radius 3 is 2.50 bits per heavy atom. The molecule has 1 aliphatic carbocycles. The van der Waals surface area contributed by atoms with E-state index >= 15 is 0 Å². The van der Waals surface area contributed by atoms with Gasteiger partial charge in [0.15, 0.2) is 11.0 Å². The number of ether oxygens (including phenoxy) is 1. The zero-order chi connectivity index (χ0) is 20.9. The molecule has 2 heterocycles. The molecule has 1 saturated heterocycles. The first kappa shape index (κ1) is 21.2. The standard InChI is InChI=1S/C23H32N4O2S/c1-17-8-6-7-15-26(17)21(28)16-30-23-25-24-22(18-11-13-20(29-2)14-12-18)27(23)19-9-4-3-5-10-19/h11-14,17,19H,3-10,15-16H2,1-2H3/t17-/m0/s1. The van der Waals surface area contributed by atoms with Crippen molar-refractivity contribution in [1.82, 2.24) is 19.7 Å². The number of aromatic nitrogens is 3. The summed E-state index contributed by atoms with van der Waals surface area (Å²) in [5.41, 5.74) is 1.04. The molecule has 1 aliphatic heterocycles. The predicted molar refractivity (Wildman–Crippen MR) is 120 cm³/mol. The second-order valence-electron chi connectivity index (χ2n) is 8.42. The van der Waals surface area contributed by atoms with Crippen molar-refractivity contribution in [3.8, 4) is 17.1 Å². The maximum atomic E-state index is 12.9. The molecule has 1 amide bonds. The van der Waals surface area contributed by atoms with E-state index in [2.05, 4.69) is 21.7 Å². The summed E-state index contributed by atoms with van der Waals surface area (Å²) in [7, 11) is 1.68. The van der Waals surface area contributed by atoms with Gasteiger partial charge in [-0.25, -0.2) is 0 Å². The summed E-state index contributed by atoms with van der Waals surface area (Å²) < 4.78 is 7.59. The highest BCUT2D eigenvalue weighted by molar-refractivity contribution is 7.99. The number of piperidine rings is 1. The highest BCUT2D eigenvalue weighted by Crippen LogP contribution is 2.36. The Morgan fingerprint density at radius 1 is 1.07 bits per heavy atom. The number of methoxy groups -OCH3 is 1. The maximum absolute atomic E-state index is 12.9. The molecule has 30 heavy (non-hydrogen) atoms. The van der Waals surface area contributed by atoms with Crippen molar-refractivity contribution in [2.75, 3.05) is 19.4 Å². The minimum Gasteiger partial charge on any atom is -0.497 e. The monoisotopic (exact) mass is 428 g/mol. The minimum atomic E-state index is 0.219. The molecule has 162 valence electrons. The van der Waals surface area contributed by atoms with E-state index < -0.39 is 0 Å². The van der Waals surface area contributed by atoms with Crippen molar-refractivity contribution in [1.29, 1.82) is 0 Å². The Kier molecular flexibility index (Phi) is 6.97. The first-order valence-corrected chi connectivity index (χ1v) is 12.2. The van der Waals surface area contributed by atoms with Crippen molar-refractivity contribution in [2.45, 2.75) is 75.5 Å². The molecule has 0 bridgehead atoms. The Labute approximate surface area is 183 Å².